The van der Waals surface area contributed by atoms with Crippen molar-refractivity contribution in [3.8, 4) is 5.69 Å². The van der Waals surface area contributed by atoms with Crippen molar-refractivity contribution in [2.24, 2.45) is 5.92 Å². The number of nitrogens with one attached hydrogen (secondary N) is 1. The second-order valence-electron chi connectivity index (χ2n) is 6.36. The van der Waals surface area contributed by atoms with Crippen molar-refractivity contribution in [2.75, 3.05) is 19.6 Å². The summed E-state index contributed by atoms with van der Waals surface area (Å²) >= 11 is 0. The van der Waals surface area contributed by atoms with E-state index in [4.69, 9.17) is 0 Å². The fourth-order valence-electron chi connectivity index (χ4n) is 3.14. The summed E-state index contributed by atoms with van der Waals surface area (Å²) in [4.78, 5) is 30.7. The van der Waals surface area contributed by atoms with Crippen molar-refractivity contribution in [2.45, 2.75) is 26.7 Å². The van der Waals surface area contributed by atoms with Gasteiger partial charge in [-0.25, -0.2) is 14.1 Å². The van der Waals surface area contributed by atoms with Crippen LogP contribution in [0.4, 0.5) is 4.39 Å². The zero-order chi connectivity index (χ0) is 18.7. The Bertz CT molecular complexity index is 802. The lowest BCUT2D eigenvalue weighted by Crippen LogP contribution is -2.45. The van der Waals surface area contributed by atoms with Crippen molar-refractivity contribution in [1.29, 1.82) is 0 Å². The van der Waals surface area contributed by atoms with Gasteiger partial charge in [-0.2, -0.15) is 0 Å². The van der Waals surface area contributed by atoms with E-state index in [2.05, 4.69) is 15.4 Å². The molecule has 7 nitrogen and oxygen atoms in total. The number of rotatable bonds is 4. The second kappa shape index (κ2) is 7.63. The zero-order valence-electron chi connectivity index (χ0n) is 14.9. The predicted molar refractivity (Wildman–Crippen MR) is 93.4 cm³/mol. The molecule has 3 rings (SSSR count). The van der Waals surface area contributed by atoms with Crippen molar-refractivity contribution in [1.82, 2.24) is 25.0 Å². The molecule has 0 saturated carbocycles. The second-order valence-corrected chi connectivity index (χ2v) is 6.36. The third kappa shape index (κ3) is 3.74. The number of nitrogens with zero attached hydrogens (tertiary/aromatic N) is 4. The van der Waals surface area contributed by atoms with E-state index in [-0.39, 0.29) is 29.4 Å². The van der Waals surface area contributed by atoms with Crippen molar-refractivity contribution >= 4 is 11.8 Å². The van der Waals surface area contributed by atoms with Crippen LogP contribution in [-0.2, 0) is 4.79 Å². The van der Waals surface area contributed by atoms with E-state index in [1.807, 2.05) is 6.92 Å². The van der Waals surface area contributed by atoms with Crippen LogP contribution in [0, 0.1) is 18.7 Å². The first-order valence-electron chi connectivity index (χ1n) is 8.76. The van der Waals surface area contributed by atoms with Crippen LogP contribution in [-0.4, -0.2) is 51.1 Å². The summed E-state index contributed by atoms with van der Waals surface area (Å²) < 4.78 is 14.6. The van der Waals surface area contributed by atoms with Crippen LogP contribution in [0.1, 0.15) is 36.2 Å². The average Bonchev–Trinajstić information content (AvgIpc) is 3.04. The third-order valence-corrected chi connectivity index (χ3v) is 4.46. The molecule has 2 amide bonds. The van der Waals surface area contributed by atoms with Crippen LogP contribution < -0.4 is 5.32 Å². The van der Waals surface area contributed by atoms with E-state index in [1.54, 1.807) is 24.0 Å². The van der Waals surface area contributed by atoms with Gasteiger partial charge >= 0.3 is 0 Å². The summed E-state index contributed by atoms with van der Waals surface area (Å²) in [5.74, 6) is -0.227. The summed E-state index contributed by atoms with van der Waals surface area (Å²) in [5.41, 5.74) is 0.634. The maximum absolute atomic E-state index is 13.1. The highest BCUT2D eigenvalue weighted by atomic mass is 19.1. The standard InChI is InChI=1S/C18H22FN5O2/c1-3-20-17(25)13-5-4-10-23(11-13)18(26)16-21-12(2)24(22-16)15-8-6-14(19)7-9-15/h6-9,13H,3-5,10-11H2,1-2H3,(H,20,25). The maximum Gasteiger partial charge on any atom is 0.293 e. The van der Waals surface area contributed by atoms with Gasteiger partial charge in [0.1, 0.15) is 11.6 Å². The Labute approximate surface area is 151 Å². The highest BCUT2D eigenvalue weighted by Crippen LogP contribution is 2.19. The van der Waals surface area contributed by atoms with Gasteiger partial charge in [0.15, 0.2) is 0 Å². The summed E-state index contributed by atoms with van der Waals surface area (Å²) in [6, 6.07) is 5.83. The minimum Gasteiger partial charge on any atom is -0.356 e. The Hall–Kier alpha value is -2.77. The number of amides is 2. The number of likely N-dealkylation sites (tertiary alicyclic amines) is 1. The van der Waals surface area contributed by atoms with E-state index in [0.717, 1.165) is 12.8 Å². The Morgan fingerprint density at radius 2 is 2.04 bits per heavy atom. The number of carbonyl (C=O) groups excluding carboxylic acids is 2. The average molecular weight is 359 g/mol. The van der Waals surface area contributed by atoms with Crippen molar-refractivity contribution in [3.63, 3.8) is 0 Å². The van der Waals surface area contributed by atoms with E-state index >= 15 is 0 Å². The molecule has 8 heteroatoms. The number of carbonyl (C=O) groups is 2. The van der Waals surface area contributed by atoms with Gasteiger partial charge in [0.2, 0.25) is 11.7 Å². The Balaban J connectivity index is 1.76. The molecule has 0 spiro atoms. The number of halogens is 1. The molecule has 2 aromatic rings. The maximum atomic E-state index is 13.1. The Morgan fingerprint density at radius 1 is 1.31 bits per heavy atom. The third-order valence-electron chi connectivity index (χ3n) is 4.46. The SMILES string of the molecule is CCNC(=O)C1CCCN(C(=O)c2nc(C)n(-c3ccc(F)cc3)n2)C1. The Morgan fingerprint density at radius 3 is 2.73 bits per heavy atom. The van der Waals surface area contributed by atoms with Crippen LogP contribution in [0.25, 0.3) is 5.69 Å². The van der Waals surface area contributed by atoms with E-state index in [1.165, 1.54) is 16.8 Å². The number of hydrogen-bond acceptors (Lipinski definition) is 4. The quantitative estimate of drug-likeness (QED) is 0.901. The molecule has 0 radical (unpaired) electrons. The molecule has 0 aliphatic carbocycles. The molecule has 2 heterocycles. The minimum absolute atomic E-state index is 0.0222. The summed E-state index contributed by atoms with van der Waals surface area (Å²) in [5, 5.41) is 7.09. The monoisotopic (exact) mass is 359 g/mol. The van der Waals surface area contributed by atoms with Gasteiger partial charge in [-0.1, -0.05) is 0 Å². The number of benzene rings is 1. The van der Waals surface area contributed by atoms with Gasteiger partial charge in [-0.15, -0.1) is 5.10 Å². The predicted octanol–water partition coefficient (Wildman–Crippen LogP) is 1.70. The van der Waals surface area contributed by atoms with Crippen molar-refractivity contribution < 1.29 is 14.0 Å². The number of piperidine rings is 1. The van der Waals surface area contributed by atoms with Gasteiger partial charge in [0.25, 0.3) is 5.91 Å². The zero-order valence-corrected chi connectivity index (χ0v) is 14.9. The lowest BCUT2D eigenvalue weighted by atomic mass is 9.97. The molecule has 1 aromatic carbocycles. The molecular formula is C18H22FN5O2. The first-order chi connectivity index (χ1) is 12.5. The van der Waals surface area contributed by atoms with Crippen LogP contribution in [0.2, 0.25) is 0 Å². The van der Waals surface area contributed by atoms with Gasteiger partial charge in [0, 0.05) is 19.6 Å². The Kier molecular flexibility index (Phi) is 5.29. The fraction of sp³-hybridized carbons (Fsp3) is 0.444. The van der Waals surface area contributed by atoms with Gasteiger partial charge in [0.05, 0.1) is 11.6 Å². The normalized spacial score (nSPS) is 17.2. The number of aromatic nitrogens is 3. The van der Waals surface area contributed by atoms with Crippen molar-refractivity contribution in [3.05, 3.63) is 41.7 Å². The smallest absolute Gasteiger partial charge is 0.293 e. The van der Waals surface area contributed by atoms with E-state index in [9.17, 15) is 14.0 Å². The van der Waals surface area contributed by atoms with Gasteiger partial charge in [-0.05, 0) is 51.0 Å². The topological polar surface area (TPSA) is 80.1 Å². The van der Waals surface area contributed by atoms with Crippen LogP contribution in [0.3, 0.4) is 0 Å². The molecule has 1 saturated heterocycles. The van der Waals surface area contributed by atoms with Gasteiger partial charge in [-0.3, -0.25) is 9.59 Å². The molecule has 1 aromatic heterocycles. The molecular weight excluding hydrogens is 337 g/mol. The molecule has 138 valence electrons. The van der Waals surface area contributed by atoms with Crippen LogP contribution in [0.5, 0.6) is 0 Å². The molecule has 26 heavy (non-hydrogen) atoms. The molecule has 1 aliphatic rings. The molecule has 1 fully saturated rings. The molecule has 0 bridgehead atoms. The van der Waals surface area contributed by atoms with Crippen LogP contribution in [0.15, 0.2) is 24.3 Å². The largest absolute Gasteiger partial charge is 0.356 e. The molecule has 1 N–H and O–H groups in total. The van der Waals surface area contributed by atoms with E-state index < -0.39 is 0 Å². The summed E-state index contributed by atoms with van der Waals surface area (Å²) in [7, 11) is 0. The van der Waals surface area contributed by atoms with E-state index in [0.29, 0.717) is 31.1 Å². The molecule has 1 aliphatic heterocycles. The minimum atomic E-state index is -0.340. The highest BCUT2D eigenvalue weighted by Gasteiger charge is 2.30. The van der Waals surface area contributed by atoms with Gasteiger partial charge < -0.3 is 10.2 Å². The summed E-state index contributed by atoms with van der Waals surface area (Å²) in [6.45, 7) is 5.14. The lowest BCUT2D eigenvalue weighted by Gasteiger charge is -2.31. The number of hydrogen-bond donors (Lipinski definition) is 1. The fourth-order valence-corrected chi connectivity index (χ4v) is 3.14. The first kappa shape index (κ1) is 18.0. The summed E-state index contributed by atoms with van der Waals surface area (Å²) in [6.07, 6.45) is 1.54. The van der Waals surface area contributed by atoms with Crippen LogP contribution >= 0.6 is 0 Å². The molecule has 1 unspecified atom stereocenters. The lowest BCUT2D eigenvalue weighted by molar-refractivity contribution is -0.126. The number of aryl methyl sites for hydroxylation is 1. The molecule has 1 atom stereocenters. The highest BCUT2D eigenvalue weighted by molar-refractivity contribution is 5.91. The first-order valence-corrected chi connectivity index (χ1v) is 8.76.